The third-order valence-corrected chi connectivity index (χ3v) is 3.44. The van der Waals surface area contributed by atoms with Gasteiger partial charge in [-0.05, 0) is 13.8 Å². The number of hydrogen-bond donors (Lipinski definition) is 0. The van der Waals surface area contributed by atoms with E-state index < -0.39 is 0 Å². The Morgan fingerprint density at radius 2 is 2.27 bits per heavy atom. The highest BCUT2D eigenvalue weighted by Crippen LogP contribution is 2.15. The number of hydrogen-bond acceptors (Lipinski definition) is 4. The fourth-order valence-corrected chi connectivity index (χ4v) is 2.32. The van der Waals surface area contributed by atoms with Crippen molar-refractivity contribution in [3.63, 3.8) is 0 Å². The van der Waals surface area contributed by atoms with Crippen molar-refractivity contribution in [3.8, 4) is 11.8 Å². The molecule has 0 spiro atoms. The fraction of sp³-hybridized carbons (Fsp3) is 0.455. The monoisotopic (exact) mass is 239 g/mol. The lowest BCUT2D eigenvalue weighted by molar-refractivity contribution is -0.109. The third kappa shape index (κ3) is 4.50. The first-order chi connectivity index (χ1) is 7.09. The molecule has 0 saturated heterocycles. The number of nitrogens with zero attached hydrogens (tertiary/aromatic N) is 1. The quantitative estimate of drug-likeness (QED) is 0.587. The second kappa shape index (κ2) is 5.94. The highest BCUT2D eigenvalue weighted by molar-refractivity contribution is 8.13. The molecule has 4 heteroatoms. The Balaban J connectivity index is 2.44. The van der Waals surface area contributed by atoms with Gasteiger partial charge in [0, 0.05) is 19.1 Å². The van der Waals surface area contributed by atoms with E-state index in [0.29, 0.717) is 0 Å². The molecule has 0 unspecified atom stereocenters. The van der Waals surface area contributed by atoms with Crippen LogP contribution in [-0.2, 0) is 4.79 Å². The molecule has 0 aromatic carbocycles. The molecular weight excluding hydrogens is 226 g/mol. The first-order valence-electron chi connectivity index (χ1n) is 4.66. The van der Waals surface area contributed by atoms with Gasteiger partial charge in [-0.2, -0.15) is 0 Å². The predicted molar refractivity (Wildman–Crippen MR) is 66.2 cm³/mol. The maximum Gasteiger partial charge on any atom is 0.185 e. The van der Waals surface area contributed by atoms with Crippen LogP contribution in [0.25, 0.3) is 0 Å². The minimum atomic E-state index is 0.154. The Bertz CT molecular complexity index is 412. The molecule has 0 aliphatic carbocycles. The lowest BCUT2D eigenvalue weighted by Gasteiger charge is -1.88. The largest absolute Gasteiger partial charge is 0.288 e. The predicted octanol–water partition coefficient (Wildman–Crippen LogP) is 2.78. The summed E-state index contributed by atoms with van der Waals surface area (Å²) in [5, 5.41) is 1.21. The number of carbonyl (C=O) groups is 1. The van der Waals surface area contributed by atoms with Crippen molar-refractivity contribution in [1.29, 1.82) is 0 Å². The van der Waals surface area contributed by atoms with Crippen LogP contribution in [-0.4, -0.2) is 15.9 Å². The summed E-state index contributed by atoms with van der Waals surface area (Å²) in [6, 6.07) is 0. The Hall–Kier alpha value is -0.790. The maximum atomic E-state index is 10.6. The number of thiazole rings is 1. The number of aromatic nitrogens is 1. The Morgan fingerprint density at radius 3 is 2.80 bits per heavy atom. The Kier molecular flexibility index (Phi) is 4.86. The summed E-state index contributed by atoms with van der Waals surface area (Å²) in [5.74, 6) is 6.92. The molecule has 0 amide bonds. The molecule has 80 valence electrons. The van der Waals surface area contributed by atoms with Crippen LogP contribution in [0.3, 0.4) is 0 Å². The topological polar surface area (TPSA) is 30.0 Å². The fourth-order valence-electron chi connectivity index (χ4n) is 1.04. The minimum absolute atomic E-state index is 0.154. The van der Waals surface area contributed by atoms with Crippen LogP contribution >= 0.6 is 23.1 Å². The average Bonchev–Trinajstić information content (AvgIpc) is 2.44. The zero-order chi connectivity index (χ0) is 11.3. The molecule has 2 nitrogen and oxygen atoms in total. The van der Waals surface area contributed by atoms with E-state index >= 15 is 0 Å². The molecule has 0 N–H and O–H groups in total. The first-order valence-corrected chi connectivity index (χ1v) is 6.46. The van der Waals surface area contributed by atoms with E-state index in [-0.39, 0.29) is 5.12 Å². The van der Waals surface area contributed by atoms with Gasteiger partial charge in [-0.1, -0.05) is 23.6 Å². The van der Waals surface area contributed by atoms with Crippen molar-refractivity contribution in [2.45, 2.75) is 27.2 Å². The molecule has 1 aromatic rings. The van der Waals surface area contributed by atoms with Gasteiger partial charge in [0.05, 0.1) is 15.6 Å². The molecule has 1 heterocycles. The van der Waals surface area contributed by atoms with E-state index in [9.17, 15) is 4.79 Å². The molecule has 1 rings (SSSR count). The van der Waals surface area contributed by atoms with E-state index in [1.807, 2.05) is 13.8 Å². The minimum Gasteiger partial charge on any atom is -0.288 e. The SMILES string of the molecule is CC(=O)SCCC#Cc1sc(C)nc1C. The van der Waals surface area contributed by atoms with E-state index in [2.05, 4.69) is 16.8 Å². The molecule has 0 bridgehead atoms. The van der Waals surface area contributed by atoms with E-state index in [1.165, 1.54) is 11.8 Å². The smallest absolute Gasteiger partial charge is 0.185 e. The van der Waals surface area contributed by atoms with Crippen LogP contribution in [0.1, 0.15) is 28.9 Å². The highest BCUT2D eigenvalue weighted by Gasteiger charge is 2.00. The van der Waals surface area contributed by atoms with E-state index in [4.69, 9.17) is 0 Å². The van der Waals surface area contributed by atoms with Gasteiger partial charge < -0.3 is 0 Å². The summed E-state index contributed by atoms with van der Waals surface area (Å²) in [6.07, 6.45) is 0.751. The molecule has 0 saturated carbocycles. The molecule has 15 heavy (non-hydrogen) atoms. The van der Waals surface area contributed by atoms with Crippen LogP contribution < -0.4 is 0 Å². The first kappa shape index (κ1) is 12.3. The van der Waals surface area contributed by atoms with Crippen LogP contribution in [0, 0.1) is 25.7 Å². The molecule has 0 atom stereocenters. The zero-order valence-electron chi connectivity index (χ0n) is 9.09. The van der Waals surface area contributed by atoms with Gasteiger partial charge in [0.1, 0.15) is 0 Å². The molecule has 1 aromatic heterocycles. The number of rotatable bonds is 2. The summed E-state index contributed by atoms with van der Waals surface area (Å²) in [6.45, 7) is 5.53. The van der Waals surface area contributed by atoms with E-state index in [0.717, 1.165) is 27.8 Å². The Morgan fingerprint density at radius 1 is 1.53 bits per heavy atom. The van der Waals surface area contributed by atoms with Crippen molar-refractivity contribution < 1.29 is 4.79 Å². The van der Waals surface area contributed by atoms with Crippen molar-refractivity contribution in [1.82, 2.24) is 4.98 Å². The average molecular weight is 239 g/mol. The molecule has 0 aliphatic rings. The van der Waals surface area contributed by atoms with Crippen LogP contribution in [0.15, 0.2) is 0 Å². The van der Waals surface area contributed by atoms with Gasteiger partial charge in [0.2, 0.25) is 0 Å². The highest BCUT2D eigenvalue weighted by atomic mass is 32.2. The number of carbonyl (C=O) groups excluding carboxylic acids is 1. The van der Waals surface area contributed by atoms with Crippen LogP contribution in [0.2, 0.25) is 0 Å². The zero-order valence-corrected chi connectivity index (χ0v) is 10.7. The van der Waals surface area contributed by atoms with Crippen molar-refractivity contribution >= 4 is 28.2 Å². The lowest BCUT2D eigenvalue weighted by atomic mass is 10.4. The van der Waals surface area contributed by atoms with Crippen molar-refractivity contribution in [2.75, 3.05) is 5.75 Å². The molecule has 0 radical (unpaired) electrons. The van der Waals surface area contributed by atoms with Gasteiger partial charge in [0.15, 0.2) is 5.12 Å². The summed E-state index contributed by atoms with van der Waals surface area (Å²) in [4.78, 5) is 16.0. The third-order valence-electron chi connectivity index (χ3n) is 1.64. The standard InChI is InChI=1S/C11H13NOS2/c1-8-11(15-9(2)12-8)6-4-5-7-14-10(3)13/h5,7H2,1-3H3. The van der Waals surface area contributed by atoms with Gasteiger partial charge in [-0.25, -0.2) is 4.98 Å². The van der Waals surface area contributed by atoms with Gasteiger partial charge in [0.25, 0.3) is 0 Å². The summed E-state index contributed by atoms with van der Waals surface area (Å²) in [5.41, 5.74) is 1.00. The second-order valence-corrected chi connectivity index (χ2v) is 5.51. The van der Waals surface area contributed by atoms with Crippen LogP contribution in [0.4, 0.5) is 0 Å². The lowest BCUT2D eigenvalue weighted by Crippen LogP contribution is -1.84. The van der Waals surface area contributed by atoms with Gasteiger partial charge in [-0.15, -0.1) is 11.3 Å². The van der Waals surface area contributed by atoms with Crippen molar-refractivity contribution in [3.05, 3.63) is 15.6 Å². The van der Waals surface area contributed by atoms with Crippen LogP contribution in [0.5, 0.6) is 0 Å². The summed E-state index contributed by atoms with van der Waals surface area (Å²) in [7, 11) is 0. The molecule has 0 fully saturated rings. The summed E-state index contributed by atoms with van der Waals surface area (Å²) >= 11 is 2.94. The van der Waals surface area contributed by atoms with E-state index in [1.54, 1.807) is 18.3 Å². The Labute approximate surface area is 98.5 Å². The maximum absolute atomic E-state index is 10.6. The number of thioether (sulfide) groups is 1. The molecule has 0 aliphatic heterocycles. The van der Waals surface area contributed by atoms with Gasteiger partial charge in [-0.3, -0.25) is 4.79 Å². The molecular formula is C11H13NOS2. The number of aryl methyl sites for hydroxylation is 2. The second-order valence-electron chi connectivity index (χ2n) is 3.04. The van der Waals surface area contributed by atoms with Crippen molar-refractivity contribution in [2.24, 2.45) is 0 Å². The summed E-state index contributed by atoms with van der Waals surface area (Å²) < 4.78 is 0. The normalized spacial score (nSPS) is 9.53. The van der Waals surface area contributed by atoms with Gasteiger partial charge >= 0.3 is 0 Å².